The number of carbonyl (C=O) groups excluding carboxylic acids is 1. The van der Waals surface area contributed by atoms with Crippen LogP contribution >= 0.6 is 15.9 Å². The number of ether oxygens (including phenoxy) is 1. The van der Waals surface area contributed by atoms with Crippen LogP contribution < -0.4 is 10.5 Å². The molecule has 0 bridgehead atoms. The van der Waals surface area contributed by atoms with Crippen LogP contribution in [-0.4, -0.2) is 30.4 Å². The van der Waals surface area contributed by atoms with Crippen molar-refractivity contribution in [3.8, 4) is 5.75 Å². The largest absolute Gasteiger partial charge is 0.486 e. The van der Waals surface area contributed by atoms with Gasteiger partial charge >= 0.3 is 0 Å². The maximum atomic E-state index is 12.4. The minimum Gasteiger partial charge on any atom is -0.486 e. The molecule has 2 heterocycles. The molecule has 1 aliphatic heterocycles. The van der Waals surface area contributed by atoms with Crippen molar-refractivity contribution in [2.75, 3.05) is 19.6 Å². The summed E-state index contributed by atoms with van der Waals surface area (Å²) in [7, 11) is 0. The quantitative estimate of drug-likeness (QED) is 0.867. The molecule has 0 unspecified atom stereocenters. The Balaban J connectivity index is 1.57. The number of nitrogens with zero attached hydrogens (tertiary/aromatic N) is 1. The first-order chi connectivity index (χ1) is 11.2. The molecule has 5 nitrogen and oxygen atoms in total. The first-order valence-electron chi connectivity index (χ1n) is 7.62. The third-order valence-electron chi connectivity index (χ3n) is 3.97. The van der Waals surface area contributed by atoms with E-state index < -0.39 is 0 Å². The number of nitrogens with two attached hydrogens (primary N) is 1. The lowest BCUT2D eigenvalue weighted by atomic mass is 10.1. The summed E-state index contributed by atoms with van der Waals surface area (Å²) in [5.41, 5.74) is 5.66. The monoisotopic (exact) mass is 378 g/mol. The Morgan fingerprint density at radius 2 is 2.09 bits per heavy atom. The zero-order valence-electron chi connectivity index (χ0n) is 12.7. The molecule has 2 N–H and O–H groups in total. The molecule has 1 aromatic heterocycles. The van der Waals surface area contributed by atoms with E-state index in [1.165, 1.54) is 0 Å². The van der Waals surface area contributed by atoms with Crippen molar-refractivity contribution in [3.63, 3.8) is 0 Å². The lowest BCUT2D eigenvalue weighted by Crippen LogP contribution is -2.29. The predicted molar refractivity (Wildman–Crippen MR) is 90.2 cm³/mol. The Morgan fingerprint density at radius 1 is 1.30 bits per heavy atom. The van der Waals surface area contributed by atoms with Gasteiger partial charge in [-0.25, -0.2) is 0 Å². The molecule has 1 amide bonds. The molecule has 0 radical (unpaired) electrons. The molecule has 1 aromatic carbocycles. The van der Waals surface area contributed by atoms with Gasteiger partial charge < -0.3 is 19.8 Å². The van der Waals surface area contributed by atoms with Crippen LogP contribution in [0.15, 0.2) is 45.3 Å². The van der Waals surface area contributed by atoms with Crippen molar-refractivity contribution in [3.05, 3.63) is 52.4 Å². The Bertz CT molecular complexity index is 669. The van der Waals surface area contributed by atoms with Crippen LogP contribution in [0.2, 0.25) is 0 Å². The molecule has 0 spiro atoms. The van der Waals surface area contributed by atoms with Crippen molar-refractivity contribution in [1.82, 2.24) is 4.90 Å². The number of furan rings is 1. The van der Waals surface area contributed by atoms with E-state index in [-0.39, 0.29) is 5.91 Å². The number of benzene rings is 1. The second-order valence-corrected chi connectivity index (χ2v) is 6.57. The highest BCUT2D eigenvalue weighted by Crippen LogP contribution is 2.21. The third-order valence-corrected chi connectivity index (χ3v) is 4.50. The van der Waals surface area contributed by atoms with Crippen molar-refractivity contribution in [2.45, 2.75) is 13.0 Å². The van der Waals surface area contributed by atoms with Crippen LogP contribution in [0.1, 0.15) is 22.7 Å². The average Bonchev–Trinajstić information content (AvgIpc) is 3.23. The molecule has 1 atom stereocenters. The van der Waals surface area contributed by atoms with Crippen molar-refractivity contribution in [2.24, 2.45) is 11.7 Å². The Morgan fingerprint density at radius 3 is 2.78 bits per heavy atom. The molecule has 122 valence electrons. The number of carbonyl (C=O) groups is 1. The maximum Gasteiger partial charge on any atom is 0.289 e. The highest BCUT2D eigenvalue weighted by molar-refractivity contribution is 9.10. The minimum absolute atomic E-state index is 0.0733. The summed E-state index contributed by atoms with van der Waals surface area (Å²) < 4.78 is 12.3. The van der Waals surface area contributed by atoms with Crippen LogP contribution in [0.25, 0.3) is 0 Å². The Kier molecular flexibility index (Phi) is 5.03. The van der Waals surface area contributed by atoms with Gasteiger partial charge in [0.25, 0.3) is 5.91 Å². The van der Waals surface area contributed by atoms with Gasteiger partial charge in [0.2, 0.25) is 0 Å². The van der Waals surface area contributed by atoms with Gasteiger partial charge in [0.15, 0.2) is 5.76 Å². The summed E-state index contributed by atoms with van der Waals surface area (Å²) >= 11 is 3.38. The van der Waals surface area contributed by atoms with Crippen LogP contribution in [0.4, 0.5) is 0 Å². The molecule has 1 fully saturated rings. The standard InChI is InChI=1S/C17H19BrN2O3/c18-13-1-3-14(4-2-13)22-11-15-5-6-16(23-15)17(21)20-8-7-12(9-19)10-20/h1-6,12H,7-11,19H2/t12-/m1/s1. The number of rotatable bonds is 5. The zero-order valence-corrected chi connectivity index (χ0v) is 14.3. The fourth-order valence-electron chi connectivity index (χ4n) is 2.62. The molecule has 23 heavy (non-hydrogen) atoms. The van der Waals surface area contributed by atoms with Crippen LogP contribution in [0.5, 0.6) is 5.75 Å². The number of likely N-dealkylation sites (tertiary alicyclic amines) is 1. The summed E-state index contributed by atoms with van der Waals surface area (Å²) in [4.78, 5) is 14.2. The Labute approximate surface area is 143 Å². The molecule has 2 aromatic rings. The van der Waals surface area contributed by atoms with Gasteiger partial charge in [0, 0.05) is 17.6 Å². The van der Waals surface area contributed by atoms with E-state index in [0.717, 1.165) is 23.2 Å². The van der Waals surface area contributed by atoms with Gasteiger partial charge in [-0.3, -0.25) is 4.79 Å². The number of hydrogen-bond acceptors (Lipinski definition) is 4. The SMILES string of the molecule is NC[C@H]1CCN(C(=O)c2ccc(COc3ccc(Br)cc3)o2)C1. The highest BCUT2D eigenvalue weighted by Gasteiger charge is 2.27. The molecular formula is C17H19BrN2O3. The van der Waals surface area contributed by atoms with E-state index >= 15 is 0 Å². The summed E-state index contributed by atoms with van der Waals surface area (Å²) in [6.45, 7) is 2.36. The smallest absolute Gasteiger partial charge is 0.289 e. The molecule has 3 rings (SSSR count). The molecule has 0 saturated carbocycles. The number of hydrogen-bond donors (Lipinski definition) is 1. The molecule has 1 saturated heterocycles. The molecule has 6 heteroatoms. The van der Waals surface area contributed by atoms with Crippen molar-refractivity contribution >= 4 is 21.8 Å². The summed E-state index contributed by atoms with van der Waals surface area (Å²) in [5, 5.41) is 0. The predicted octanol–water partition coefficient (Wildman–Crippen LogP) is 3.04. The van der Waals surface area contributed by atoms with Crippen LogP contribution in [-0.2, 0) is 6.61 Å². The van der Waals surface area contributed by atoms with Gasteiger partial charge in [-0.15, -0.1) is 0 Å². The van der Waals surface area contributed by atoms with Crippen LogP contribution in [0, 0.1) is 5.92 Å². The summed E-state index contributed by atoms with van der Waals surface area (Å²) in [5.74, 6) is 2.07. The maximum absolute atomic E-state index is 12.4. The first-order valence-corrected chi connectivity index (χ1v) is 8.41. The first kappa shape index (κ1) is 16.1. The molecular weight excluding hydrogens is 360 g/mol. The van der Waals surface area contributed by atoms with Crippen molar-refractivity contribution in [1.29, 1.82) is 0 Å². The summed E-state index contributed by atoms with van der Waals surface area (Å²) in [6, 6.07) is 11.1. The average molecular weight is 379 g/mol. The molecule has 1 aliphatic rings. The Hall–Kier alpha value is -1.79. The topological polar surface area (TPSA) is 68.7 Å². The molecule has 0 aliphatic carbocycles. The van der Waals surface area contributed by atoms with Gasteiger partial charge in [-0.05, 0) is 55.3 Å². The number of halogens is 1. The van der Waals surface area contributed by atoms with E-state index in [2.05, 4.69) is 15.9 Å². The fourth-order valence-corrected chi connectivity index (χ4v) is 2.89. The lowest BCUT2D eigenvalue weighted by Gasteiger charge is -2.14. The van der Waals surface area contributed by atoms with E-state index in [4.69, 9.17) is 14.9 Å². The van der Waals surface area contributed by atoms with E-state index in [1.54, 1.807) is 17.0 Å². The van der Waals surface area contributed by atoms with Crippen molar-refractivity contribution < 1.29 is 13.9 Å². The van der Waals surface area contributed by atoms with Gasteiger partial charge in [0.05, 0.1) is 0 Å². The normalized spacial score (nSPS) is 17.5. The van der Waals surface area contributed by atoms with E-state index in [9.17, 15) is 4.79 Å². The second-order valence-electron chi connectivity index (χ2n) is 5.65. The third kappa shape index (κ3) is 3.95. The summed E-state index contributed by atoms with van der Waals surface area (Å²) in [6.07, 6.45) is 0.961. The van der Waals surface area contributed by atoms with E-state index in [1.807, 2.05) is 24.3 Å². The van der Waals surface area contributed by atoms with Crippen LogP contribution in [0.3, 0.4) is 0 Å². The fraction of sp³-hybridized carbons (Fsp3) is 0.353. The lowest BCUT2D eigenvalue weighted by molar-refractivity contribution is 0.0752. The highest BCUT2D eigenvalue weighted by atomic mass is 79.9. The van der Waals surface area contributed by atoms with E-state index in [0.29, 0.717) is 37.1 Å². The zero-order chi connectivity index (χ0) is 16.2. The second kappa shape index (κ2) is 7.19. The number of amides is 1. The van der Waals surface area contributed by atoms with Gasteiger partial charge in [-0.2, -0.15) is 0 Å². The van der Waals surface area contributed by atoms with Gasteiger partial charge in [-0.1, -0.05) is 15.9 Å². The minimum atomic E-state index is -0.0733. The van der Waals surface area contributed by atoms with Gasteiger partial charge in [0.1, 0.15) is 18.1 Å².